The lowest BCUT2D eigenvalue weighted by Gasteiger charge is -2.04. The van der Waals surface area contributed by atoms with Crippen molar-refractivity contribution in [3.8, 4) is 11.1 Å². The monoisotopic (exact) mass is 265 g/mol. The van der Waals surface area contributed by atoms with Crippen LogP contribution in [0.5, 0.6) is 0 Å². The fraction of sp³-hybridized carbons (Fsp3) is 0.0667. The average molecular weight is 265 g/mol. The number of nitrogens with one attached hydrogen (secondary N) is 1. The topological polar surface area (TPSA) is 93.1 Å². The number of nitrogens with two attached hydrogens (primary N) is 2. The zero-order chi connectivity index (χ0) is 14.1. The predicted molar refractivity (Wildman–Crippen MR) is 82.3 cm³/mol. The van der Waals surface area contributed by atoms with Crippen LogP contribution >= 0.6 is 0 Å². The quantitative estimate of drug-likeness (QED) is 0.377. The maximum Gasteiger partial charge on any atom is 0.153 e. The SMILES string of the molecule is CC(=NN)c1ccc(-c2ccc3c(N)n[nH]c3c2)cc1. The van der Waals surface area contributed by atoms with Gasteiger partial charge in [0.2, 0.25) is 0 Å². The van der Waals surface area contributed by atoms with Gasteiger partial charge in [0.05, 0.1) is 11.2 Å². The van der Waals surface area contributed by atoms with Crippen molar-refractivity contribution in [2.45, 2.75) is 6.92 Å². The molecule has 0 spiro atoms. The first-order chi connectivity index (χ1) is 9.69. The van der Waals surface area contributed by atoms with Gasteiger partial charge in [-0.15, -0.1) is 0 Å². The molecule has 0 saturated heterocycles. The van der Waals surface area contributed by atoms with Crippen LogP contribution in [0.4, 0.5) is 5.82 Å². The van der Waals surface area contributed by atoms with E-state index in [4.69, 9.17) is 11.6 Å². The maximum atomic E-state index is 5.77. The van der Waals surface area contributed by atoms with Crippen molar-refractivity contribution in [2.24, 2.45) is 10.9 Å². The molecule has 0 amide bonds. The molecular formula is C15H15N5. The molecule has 20 heavy (non-hydrogen) atoms. The Morgan fingerprint density at radius 3 is 2.50 bits per heavy atom. The van der Waals surface area contributed by atoms with Crippen molar-refractivity contribution in [1.82, 2.24) is 10.2 Å². The highest BCUT2D eigenvalue weighted by atomic mass is 15.1. The molecule has 0 aliphatic carbocycles. The Kier molecular flexibility index (Phi) is 2.87. The van der Waals surface area contributed by atoms with E-state index in [9.17, 15) is 0 Å². The van der Waals surface area contributed by atoms with E-state index < -0.39 is 0 Å². The largest absolute Gasteiger partial charge is 0.382 e. The van der Waals surface area contributed by atoms with Gasteiger partial charge in [0, 0.05) is 5.39 Å². The summed E-state index contributed by atoms with van der Waals surface area (Å²) in [6, 6.07) is 14.2. The van der Waals surface area contributed by atoms with Crippen LogP contribution in [0.25, 0.3) is 22.0 Å². The number of aromatic nitrogens is 2. The fourth-order valence-corrected chi connectivity index (χ4v) is 2.20. The van der Waals surface area contributed by atoms with Crippen molar-refractivity contribution in [3.63, 3.8) is 0 Å². The van der Waals surface area contributed by atoms with Gasteiger partial charge in [0.25, 0.3) is 0 Å². The number of aromatic amines is 1. The molecule has 0 unspecified atom stereocenters. The number of rotatable bonds is 2. The van der Waals surface area contributed by atoms with E-state index in [-0.39, 0.29) is 0 Å². The van der Waals surface area contributed by atoms with Gasteiger partial charge in [0.15, 0.2) is 5.82 Å². The van der Waals surface area contributed by atoms with Crippen LogP contribution in [-0.4, -0.2) is 15.9 Å². The van der Waals surface area contributed by atoms with Gasteiger partial charge >= 0.3 is 0 Å². The van der Waals surface area contributed by atoms with Crippen molar-refractivity contribution in [3.05, 3.63) is 48.0 Å². The molecule has 100 valence electrons. The number of hydrogen-bond acceptors (Lipinski definition) is 4. The molecule has 3 rings (SSSR count). The molecule has 1 aromatic heterocycles. The highest BCUT2D eigenvalue weighted by Gasteiger charge is 2.05. The Labute approximate surface area is 116 Å². The van der Waals surface area contributed by atoms with E-state index in [1.807, 2.05) is 49.4 Å². The Bertz CT molecular complexity index is 784. The molecule has 0 saturated carbocycles. The number of benzene rings is 2. The first-order valence-corrected chi connectivity index (χ1v) is 6.28. The number of fused-ring (bicyclic) bond motifs is 1. The molecule has 0 aliphatic heterocycles. The molecule has 0 atom stereocenters. The van der Waals surface area contributed by atoms with Crippen LogP contribution in [0.15, 0.2) is 47.6 Å². The van der Waals surface area contributed by atoms with Gasteiger partial charge in [-0.05, 0) is 35.7 Å². The summed E-state index contributed by atoms with van der Waals surface area (Å²) in [7, 11) is 0. The van der Waals surface area contributed by atoms with E-state index in [0.717, 1.165) is 33.3 Å². The Balaban J connectivity index is 2.02. The van der Waals surface area contributed by atoms with Gasteiger partial charge in [-0.2, -0.15) is 10.2 Å². The van der Waals surface area contributed by atoms with Gasteiger partial charge in [-0.25, -0.2) is 0 Å². The molecule has 2 aromatic carbocycles. The molecule has 0 radical (unpaired) electrons. The zero-order valence-electron chi connectivity index (χ0n) is 11.1. The third kappa shape index (κ3) is 1.99. The second kappa shape index (κ2) is 4.70. The molecule has 0 aliphatic rings. The normalized spacial score (nSPS) is 11.9. The minimum Gasteiger partial charge on any atom is -0.382 e. The second-order valence-corrected chi connectivity index (χ2v) is 4.66. The molecule has 5 heteroatoms. The lowest BCUT2D eigenvalue weighted by atomic mass is 10.0. The zero-order valence-corrected chi connectivity index (χ0v) is 11.1. The van der Waals surface area contributed by atoms with E-state index in [2.05, 4.69) is 15.3 Å². The van der Waals surface area contributed by atoms with Crippen molar-refractivity contribution >= 4 is 22.4 Å². The molecule has 5 nitrogen and oxygen atoms in total. The van der Waals surface area contributed by atoms with Crippen molar-refractivity contribution < 1.29 is 0 Å². The molecular weight excluding hydrogens is 250 g/mol. The third-order valence-electron chi connectivity index (χ3n) is 3.42. The summed E-state index contributed by atoms with van der Waals surface area (Å²) in [5.74, 6) is 5.81. The van der Waals surface area contributed by atoms with E-state index in [1.165, 1.54) is 0 Å². The third-order valence-corrected chi connectivity index (χ3v) is 3.42. The number of nitrogens with zero attached hydrogens (tertiary/aromatic N) is 2. The number of H-pyrrole nitrogens is 1. The predicted octanol–water partition coefficient (Wildman–Crippen LogP) is 2.49. The van der Waals surface area contributed by atoms with E-state index >= 15 is 0 Å². The first kappa shape index (κ1) is 12.2. The van der Waals surface area contributed by atoms with Crippen LogP contribution < -0.4 is 11.6 Å². The first-order valence-electron chi connectivity index (χ1n) is 6.28. The number of anilines is 1. The molecule has 5 N–H and O–H groups in total. The van der Waals surface area contributed by atoms with E-state index in [0.29, 0.717) is 5.82 Å². The minimum absolute atomic E-state index is 0.525. The van der Waals surface area contributed by atoms with Gasteiger partial charge in [-0.1, -0.05) is 30.3 Å². The Morgan fingerprint density at radius 1 is 1.10 bits per heavy atom. The summed E-state index contributed by atoms with van der Waals surface area (Å²) in [5, 5.41) is 11.6. The smallest absolute Gasteiger partial charge is 0.153 e. The summed E-state index contributed by atoms with van der Waals surface area (Å²) >= 11 is 0. The maximum absolute atomic E-state index is 5.77. The van der Waals surface area contributed by atoms with Crippen LogP contribution in [0.1, 0.15) is 12.5 Å². The van der Waals surface area contributed by atoms with Gasteiger partial charge in [-0.3, -0.25) is 5.10 Å². The standard InChI is InChI=1S/C15H15N5/c1-9(18-17)10-2-4-11(5-3-10)12-6-7-13-14(8-12)19-20-15(13)16/h2-8H,17H2,1H3,(H3,16,19,20). The Morgan fingerprint density at radius 2 is 1.80 bits per heavy atom. The lowest BCUT2D eigenvalue weighted by molar-refractivity contribution is 1.13. The summed E-state index contributed by atoms with van der Waals surface area (Å²) in [4.78, 5) is 0. The highest BCUT2D eigenvalue weighted by Crippen LogP contribution is 2.26. The van der Waals surface area contributed by atoms with Gasteiger partial charge in [0.1, 0.15) is 0 Å². The lowest BCUT2D eigenvalue weighted by Crippen LogP contribution is -1.98. The van der Waals surface area contributed by atoms with Crippen LogP contribution in [-0.2, 0) is 0 Å². The number of hydrogen-bond donors (Lipinski definition) is 3. The van der Waals surface area contributed by atoms with Crippen LogP contribution in [0.3, 0.4) is 0 Å². The number of nitrogen functional groups attached to an aromatic ring is 1. The van der Waals surface area contributed by atoms with Crippen LogP contribution in [0.2, 0.25) is 0 Å². The average Bonchev–Trinajstić information content (AvgIpc) is 2.87. The molecule has 0 fully saturated rings. The van der Waals surface area contributed by atoms with Gasteiger partial charge < -0.3 is 11.6 Å². The summed E-state index contributed by atoms with van der Waals surface area (Å²) in [5.41, 5.74) is 10.8. The minimum atomic E-state index is 0.525. The summed E-state index contributed by atoms with van der Waals surface area (Å²) in [6.45, 7) is 1.88. The second-order valence-electron chi connectivity index (χ2n) is 4.66. The summed E-state index contributed by atoms with van der Waals surface area (Å²) < 4.78 is 0. The van der Waals surface area contributed by atoms with Crippen LogP contribution in [0, 0.1) is 0 Å². The molecule has 3 aromatic rings. The fourth-order valence-electron chi connectivity index (χ4n) is 2.20. The summed E-state index contributed by atoms with van der Waals surface area (Å²) in [6.07, 6.45) is 0. The van der Waals surface area contributed by atoms with E-state index in [1.54, 1.807) is 0 Å². The molecule has 0 bridgehead atoms. The number of hydrazone groups is 1. The molecule has 1 heterocycles. The van der Waals surface area contributed by atoms with Crippen molar-refractivity contribution in [2.75, 3.05) is 5.73 Å². The Hall–Kier alpha value is -2.82. The van der Waals surface area contributed by atoms with Crippen molar-refractivity contribution in [1.29, 1.82) is 0 Å². The highest BCUT2D eigenvalue weighted by molar-refractivity contribution is 5.99.